The number of aliphatic hydroxyl groups is 2. The van der Waals surface area contributed by atoms with Crippen LogP contribution in [0.2, 0.25) is 0 Å². The Morgan fingerprint density at radius 2 is 1.71 bits per heavy atom. The van der Waals surface area contributed by atoms with Crippen LogP contribution in [0.5, 0.6) is 0 Å². The van der Waals surface area contributed by atoms with Gasteiger partial charge in [0.15, 0.2) is 0 Å². The molecule has 86 valence electrons. The van der Waals surface area contributed by atoms with E-state index in [0.717, 1.165) is 13.0 Å². The van der Waals surface area contributed by atoms with Crippen LogP contribution in [-0.2, 0) is 9.47 Å². The molecule has 0 aliphatic rings. The molecule has 0 atom stereocenters. The van der Waals surface area contributed by atoms with Crippen molar-refractivity contribution in [3.05, 3.63) is 12.8 Å². The Kier molecular flexibility index (Phi) is 20.7. The van der Waals surface area contributed by atoms with Gasteiger partial charge in [-0.2, -0.15) is 0 Å². The summed E-state index contributed by atoms with van der Waals surface area (Å²) in [5.41, 5.74) is 0. The van der Waals surface area contributed by atoms with E-state index in [0.29, 0.717) is 13.2 Å². The fourth-order valence-corrected chi connectivity index (χ4v) is 0.542. The Bertz CT molecular complexity index is 92.1. The minimum absolute atomic E-state index is 0.0278. The third-order valence-electron chi connectivity index (χ3n) is 1.20. The van der Waals surface area contributed by atoms with E-state index >= 15 is 0 Å². The molecule has 0 rings (SSSR count). The van der Waals surface area contributed by atoms with Gasteiger partial charge < -0.3 is 19.7 Å². The lowest BCUT2D eigenvalue weighted by Crippen LogP contribution is -2.03. The zero-order valence-electron chi connectivity index (χ0n) is 8.95. The maximum Gasteiger partial charge on any atom is 0.0872 e. The summed E-state index contributed by atoms with van der Waals surface area (Å²) >= 11 is 0. The van der Waals surface area contributed by atoms with Gasteiger partial charge in [-0.25, -0.2) is 0 Å². The Morgan fingerprint density at radius 3 is 2.07 bits per heavy atom. The van der Waals surface area contributed by atoms with Gasteiger partial charge in [0, 0.05) is 0 Å². The molecule has 0 radical (unpaired) electrons. The normalized spacial score (nSPS) is 8.79. The van der Waals surface area contributed by atoms with Crippen LogP contribution < -0.4 is 0 Å². The number of rotatable bonds is 8. The van der Waals surface area contributed by atoms with Crippen LogP contribution in [0.15, 0.2) is 12.8 Å². The van der Waals surface area contributed by atoms with E-state index in [1.807, 2.05) is 0 Å². The van der Waals surface area contributed by atoms with E-state index in [4.69, 9.17) is 14.9 Å². The molecule has 0 aromatic heterocycles. The molecule has 14 heavy (non-hydrogen) atoms. The highest BCUT2D eigenvalue weighted by Crippen LogP contribution is 1.85. The lowest BCUT2D eigenvalue weighted by atomic mass is 10.4. The van der Waals surface area contributed by atoms with Crippen LogP contribution >= 0.6 is 0 Å². The third-order valence-corrected chi connectivity index (χ3v) is 1.20. The van der Waals surface area contributed by atoms with Crippen molar-refractivity contribution < 1.29 is 19.7 Å². The smallest absolute Gasteiger partial charge is 0.0872 e. The van der Waals surface area contributed by atoms with Gasteiger partial charge in [0.1, 0.15) is 0 Å². The van der Waals surface area contributed by atoms with Gasteiger partial charge in [0.2, 0.25) is 0 Å². The molecular formula is C10H22O4. The Morgan fingerprint density at radius 1 is 1.14 bits per heavy atom. The second kappa shape index (κ2) is 18.3. The fourth-order valence-electron chi connectivity index (χ4n) is 0.542. The number of ether oxygens (including phenoxy) is 2. The molecule has 0 heterocycles. The van der Waals surface area contributed by atoms with Gasteiger partial charge in [0.25, 0.3) is 0 Å². The molecule has 0 unspecified atom stereocenters. The average Bonchev–Trinajstić information content (AvgIpc) is 2.21. The van der Waals surface area contributed by atoms with Crippen molar-refractivity contribution in [2.45, 2.75) is 19.8 Å². The predicted octanol–water partition coefficient (Wildman–Crippen LogP) is 0.934. The lowest BCUT2D eigenvalue weighted by molar-refractivity contribution is 0.0650. The van der Waals surface area contributed by atoms with Gasteiger partial charge >= 0.3 is 0 Å². The summed E-state index contributed by atoms with van der Waals surface area (Å²) in [7, 11) is 0. The van der Waals surface area contributed by atoms with Gasteiger partial charge in [-0.1, -0.05) is 19.9 Å². The summed E-state index contributed by atoms with van der Waals surface area (Å²) in [5.74, 6) is 0. The molecular weight excluding hydrogens is 184 g/mol. The minimum atomic E-state index is 0.0278. The molecule has 0 amide bonds. The number of hydrogen-bond donors (Lipinski definition) is 2. The standard InChI is InChI=1S/C6H12O.C4H10O3/c1-3-5-6-7-4-2;5-1-3-7-4-2-6/h4H,2-3,5-6H2,1H3;5-6H,1-4H2. The van der Waals surface area contributed by atoms with Crippen molar-refractivity contribution in [3.63, 3.8) is 0 Å². The number of unbranched alkanes of at least 4 members (excludes halogenated alkanes) is 1. The van der Waals surface area contributed by atoms with Crippen LogP contribution in [0.25, 0.3) is 0 Å². The SMILES string of the molecule is C=COCCCC.OCCOCCO. The summed E-state index contributed by atoms with van der Waals surface area (Å²) in [6.07, 6.45) is 3.80. The second-order valence-corrected chi connectivity index (χ2v) is 2.45. The first kappa shape index (κ1) is 15.9. The predicted molar refractivity (Wildman–Crippen MR) is 56.0 cm³/mol. The molecule has 0 saturated carbocycles. The Hall–Kier alpha value is -0.580. The van der Waals surface area contributed by atoms with Crippen molar-refractivity contribution in [2.75, 3.05) is 33.0 Å². The summed E-state index contributed by atoms with van der Waals surface area (Å²) < 4.78 is 9.47. The highest BCUT2D eigenvalue weighted by Gasteiger charge is 1.79. The van der Waals surface area contributed by atoms with E-state index in [9.17, 15) is 0 Å². The number of hydrogen-bond acceptors (Lipinski definition) is 4. The van der Waals surface area contributed by atoms with Crippen molar-refractivity contribution in [3.8, 4) is 0 Å². The van der Waals surface area contributed by atoms with Crippen LogP contribution in [0.4, 0.5) is 0 Å². The molecule has 0 aromatic rings. The zero-order valence-corrected chi connectivity index (χ0v) is 8.95. The maximum absolute atomic E-state index is 8.09. The first-order valence-corrected chi connectivity index (χ1v) is 4.85. The van der Waals surface area contributed by atoms with E-state index in [1.165, 1.54) is 12.7 Å². The monoisotopic (exact) mass is 206 g/mol. The van der Waals surface area contributed by atoms with Crippen molar-refractivity contribution in [1.82, 2.24) is 0 Å². The molecule has 4 nitrogen and oxygen atoms in total. The van der Waals surface area contributed by atoms with Crippen LogP contribution in [-0.4, -0.2) is 43.2 Å². The molecule has 2 N–H and O–H groups in total. The van der Waals surface area contributed by atoms with Crippen LogP contribution in [0, 0.1) is 0 Å². The van der Waals surface area contributed by atoms with Gasteiger partial charge in [-0.15, -0.1) is 0 Å². The number of aliphatic hydroxyl groups excluding tert-OH is 2. The molecule has 0 spiro atoms. The minimum Gasteiger partial charge on any atom is -0.502 e. The topological polar surface area (TPSA) is 58.9 Å². The molecule has 0 aliphatic heterocycles. The summed E-state index contributed by atoms with van der Waals surface area (Å²) in [6, 6.07) is 0. The first-order chi connectivity index (χ1) is 6.83. The summed E-state index contributed by atoms with van der Waals surface area (Å²) in [4.78, 5) is 0. The van der Waals surface area contributed by atoms with Crippen molar-refractivity contribution in [1.29, 1.82) is 0 Å². The van der Waals surface area contributed by atoms with E-state index in [-0.39, 0.29) is 13.2 Å². The largest absolute Gasteiger partial charge is 0.502 e. The van der Waals surface area contributed by atoms with Gasteiger partial charge in [0.05, 0.1) is 39.3 Å². The lowest BCUT2D eigenvalue weighted by Gasteiger charge is -1.94. The van der Waals surface area contributed by atoms with Crippen molar-refractivity contribution >= 4 is 0 Å². The van der Waals surface area contributed by atoms with Crippen LogP contribution in [0.1, 0.15) is 19.8 Å². The maximum atomic E-state index is 8.09. The van der Waals surface area contributed by atoms with Crippen LogP contribution in [0.3, 0.4) is 0 Å². The van der Waals surface area contributed by atoms with E-state index < -0.39 is 0 Å². The summed E-state index contributed by atoms with van der Waals surface area (Å²) in [5, 5.41) is 16.2. The van der Waals surface area contributed by atoms with E-state index in [1.54, 1.807) is 0 Å². The molecule has 0 saturated heterocycles. The van der Waals surface area contributed by atoms with Crippen molar-refractivity contribution in [2.24, 2.45) is 0 Å². The Labute approximate surface area is 86.2 Å². The second-order valence-electron chi connectivity index (χ2n) is 2.45. The molecule has 4 heteroatoms. The molecule has 0 bridgehead atoms. The molecule has 0 fully saturated rings. The summed E-state index contributed by atoms with van der Waals surface area (Å²) in [6.45, 7) is 7.06. The molecule has 0 aliphatic carbocycles. The van der Waals surface area contributed by atoms with Gasteiger partial charge in [-0.3, -0.25) is 0 Å². The quantitative estimate of drug-likeness (QED) is 0.458. The fraction of sp³-hybridized carbons (Fsp3) is 0.800. The highest BCUT2D eigenvalue weighted by molar-refractivity contribution is 4.47. The first-order valence-electron chi connectivity index (χ1n) is 4.85. The Balaban J connectivity index is 0. The van der Waals surface area contributed by atoms with Gasteiger partial charge in [-0.05, 0) is 6.42 Å². The average molecular weight is 206 g/mol. The third kappa shape index (κ3) is 22.5. The van der Waals surface area contributed by atoms with E-state index in [2.05, 4.69) is 18.2 Å². The zero-order chi connectivity index (χ0) is 11.1. The molecule has 0 aromatic carbocycles. The highest BCUT2D eigenvalue weighted by atomic mass is 16.5.